The predicted octanol–water partition coefficient (Wildman–Crippen LogP) is 4.50. The van der Waals surface area contributed by atoms with E-state index in [4.69, 9.17) is 5.73 Å². The molecule has 0 aliphatic heterocycles. The van der Waals surface area contributed by atoms with Crippen LogP contribution >= 0.6 is 0 Å². The number of benzene rings is 1. The number of halogens is 1. The fourth-order valence-corrected chi connectivity index (χ4v) is 2.72. The van der Waals surface area contributed by atoms with Crippen LogP contribution in [0.1, 0.15) is 59.1 Å². The highest BCUT2D eigenvalue weighted by Gasteiger charge is 2.21. The Hall–Kier alpha value is -1.09. The summed E-state index contributed by atoms with van der Waals surface area (Å²) in [4.78, 5) is 2.41. The second kappa shape index (κ2) is 7.63. The second-order valence-corrected chi connectivity index (χ2v) is 6.01. The minimum absolute atomic E-state index is 0.162. The first-order valence-corrected chi connectivity index (χ1v) is 7.72. The average Bonchev–Trinajstić information content (AvgIpc) is 2.38. The molecule has 1 aromatic carbocycles. The third-order valence-corrected chi connectivity index (χ3v) is 3.73. The molecule has 1 aromatic rings. The van der Waals surface area contributed by atoms with E-state index in [1.165, 1.54) is 6.07 Å². The predicted molar refractivity (Wildman–Crippen MR) is 85.6 cm³/mol. The number of anilines is 1. The van der Waals surface area contributed by atoms with Gasteiger partial charge in [-0.25, -0.2) is 4.39 Å². The lowest BCUT2D eigenvalue weighted by Crippen LogP contribution is -2.38. The molecule has 1 rings (SSSR count). The Morgan fingerprint density at radius 3 is 2.20 bits per heavy atom. The molecule has 0 aliphatic carbocycles. The van der Waals surface area contributed by atoms with Crippen LogP contribution in [-0.4, -0.2) is 12.6 Å². The topological polar surface area (TPSA) is 29.3 Å². The smallest absolute Gasteiger partial charge is 0.123 e. The lowest BCUT2D eigenvalue weighted by Gasteiger charge is -2.36. The van der Waals surface area contributed by atoms with E-state index >= 15 is 0 Å². The van der Waals surface area contributed by atoms with E-state index in [1.54, 1.807) is 6.07 Å². The minimum Gasteiger partial charge on any atom is -0.368 e. The molecule has 3 heteroatoms. The first-order valence-electron chi connectivity index (χ1n) is 7.72. The van der Waals surface area contributed by atoms with E-state index in [1.807, 2.05) is 13.0 Å². The molecule has 1 atom stereocenters. The first-order chi connectivity index (χ1) is 9.40. The van der Waals surface area contributed by atoms with Gasteiger partial charge in [-0.3, -0.25) is 0 Å². The molecule has 2 nitrogen and oxygen atoms in total. The van der Waals surface area contributed by atoms with Crippen molar-refractivity contribution in [2.24, 2.45) is 11.7 Å². The molecule has 0 heterocycles. The van der Waals surface area contributed by atoms with Gasteiger partial charge in [-0.15, -0.1) is 0 Å². The van der Waals surface area contributed by atoms with Crippen molar-refractivity contribution < 1.29 is 4.39 Å². The third kappa shape index (κ3) is 4.20. The van der Waals surface area contributed by atoms with Crippen LogP contribution in [0.4, 0.5) is 10.1 Å². The van der Waals surface area contributed by atoms with Crippen molar-refractivity contribution in [3.05, 3.63) is 29.6 Å². The van der Waals surface area contributed by atoms with E-state index in [9.17, 15) is 4.39 Å². The van der Waals surface area contributed by atoms with E-state index in [0.717, 1.165) is 30.6 Å². The lowest BCUT2D eigenvalue weighted by atomic mass is 10.0. The molecular weight excluding hydrogens is 251 g/mol. The molecule has 0 radical (unpaired) electrons. The van der Waals surface area contributed by atoms with E-state index in [-0.39, 0.29) is 11.9 Å². The summed E-state index contributed by atoms with van der Waals surface area (Å²) in [5, 5.41) is 0. The van der Waals surface area contributed by atoms with Crippen LogP contribution in [0.15, 0.2) is 18.2 Å². The van der Waals surface area contributed by atoms with Gasteiger partial charge in [0.1, 0.15) is 5.82 Å². The summed E-state index contributed by atoms with van der Waals surface area (Å²) >= 11 is 0. The monoisotopic (exact) mass is 280 g/mol. The Balaban J connectivity index is 3.25. The maximum absolute atomic E-state index is 13.5. The summed E-state index contributed by atoms with van der Waals surface area (Å²) < 4.78 is 13.5. The lowest BCUT2D eigenvalue weighted by molar-refractivity contribution is 0.504. The molecule has 0 fully saturated rings. The number of rotatable bonds is 7. The Morgan fingerprint density at radius 1 is 1.15 bits per heavy atom. The van der Waals surface area contributed by atoms with Crippen molar-refractivity contribution in [2.75, 3.05) is 11.4 Å². The van der Waals surface area contributed by atoms with Gasteiger partial charge in [0.25, 0.3) is 0 Å². The minimum atomic E-state index is -0.213. The van der Waals surface area contributed by atoms with Gasteiger partial charge in [0.05, 0.1) is 0 Å². The highest BCUT2D eigenvalue weighted by molar-refractivity contribution is 5.56. The normalized spacial score (nSPS) is 13.1. The Labute approximate surface area is 123 Å². The highest BCUT2D eigenvalue weighted by Crippen LogP contribution is 2.30. The van der Waals surface area contributed by atoms with Gasteiger partial charge in [0.2, 0.25) is 0 Å². The average molecular weight is 280 g/mol. The van der Waals surface area contributed by atoms with Crippen molar-refractivity contribution >= 4 is 5.69 Å². The van der Waals surface area contributed by atoms with Crippen LogP contribution in [-0.2, 0) is 0 Å². The van der Waals surface area contributed by atoms with Crippen molar-refractivity contribution in [1.29, 1.82) is 0 Å². The molecule has 0 saturated heterocycles. The first kappa shape index (κ1) is 17.0. The largest absolute Gasteiger partial charge is 0.368 e. The van der Waals surface area contributed by atoms with E-state index < -0.39 is 0 Å². The van der Waals surface area contributed by atoms with Crippen LogP contribution in [0.3, 0.4) is 0 Å². The second-order valence-electron chi connectivity index (χ2n) is 6.01. The molecule has 2 N–H and O–H groups in total. The summed E-state index contributed by atoms with van der Waals surface area (Å²) in [7, 11) is 0. The van der Waals surface area contributed by atoms with Crippen molar-refractivity contribution in [3.8, 4) is 0 Å². The Bertz CT molecular complexity index is 411. The van der Waals surface area contributed by atoms with Gasteiger partial charge in [-0.05, 0) is 49.4 Å². The zero-order valence-corrected chi connectivity index (χ0v) is 13.5. The van der Waals surface area contributed by atoms with E-state index in [2.05, 4.69) is 32.6 Å². The van der Waals surface area contributed by atoms with Gasteiger partial charge >= 0.3 is 0 Å². The number of nitrogens with zero attached hydrogens (tertiary/aromatic N) is 1. The molecule has 0 amide bonds. The Morgan fingerprint density at radius 2 is 1.75 bits per heavy atom. The van der Waals surface area contributed by atoms with Gasteiger partial charge < -0.3 is 10.6 Å². The van der Waals surface area contributed by atoms with Crippen LogP contribution < -0.4 is 10.6 Å². The van der Waals surface area contributed by atoms with Crippen LogP contribution in [0.25, 0.3) is 0 Å². The summed E-state index contributed by atoms with van der Waals surface area (Å²) in [6.07, 6.45) is 2.16. The summed E-state index contributed by atoms with van der Waals surface area (Å²) in [6.45, 7) is 11.7. The highest BCUT2D eigenvalue weighted by atomic mass is 19.1. The zero-order chi connectivity index (χ0) is 15.3. The summed E-state index contributed by atoms with van der Waals surface area (Å²) in [6, 6.07) is 5.31. The maximum atomic E-state index is 13.5. The fourth-order valence-electron chi connectivity index (χ4n) is 2.72. The number of hydrogen-bond donors (Lipinski definition) is 1. The van der Waals surface area contributed by atoms with Gasteiger partial charge in [0.15, 0.2) is 0 Å². The molecule has 0 saturated carbocycles. The standard InChI is InChI=1S/C17H29FN2/c1-6-15(7-2)20(11-12(3)4)17-9-8-14(18)10-16(17)13(5)19/h8-10,12-13,15H,6-7,11,19H2,1-5H3/t13-/m1/s1. The molecule has 20 heavy (non-hydrogen) atoms. The van der Waals surface area contributed by atoms with Crippen molar-refractivity contribution in [1.82, 2.24) is 0 Å². The molecule has 0 bridgehead atoms. The molecular formula is C17H29FN2. The third-order valence-electron chi connectivity index (χ3n) is 3.73. The zero-order valence-electron chi connectivity index (χ0n) is 13.5. The number of hydrogen-bond acceptors (Lipinski definition) is 2. The van der Waals surface area contributed by atoms with Gasteiger partial charge in [-0.2, -0.15) is 0 Å². The summed E-state index contributed by atoms with van der Waals surface area (Å²) in [5.74, 6) is 0.344. The molecule has 0 aliphatic rings. The SMILES string of the molecule is CCC(CC)N(CC(C)C)c1ccc(F)cc1[C@@H](C)N. The van der Waals surface area contributed by atoms with E-state index in [0.29, 0.717) is 12.0 Å². The van der Waals surface area contributed by atoms with Crippen molar-refractivity contribution in [3.63, 3.8) is 0 Å². The quantitative estimate of drug-likeness (QED) is 0.797. The number of nitrogens with two attached hydrogens (primary N) is 1. The fraction of sp³-hybridized carbons (Fsp3) is 0.647. The Kier molecular flexibility index (Phi) is 6.47. The molecule has 114 valence electrons. The molecule has 0 aromatic heterocycles. The van der Waals surface area contributed by atoms with Gasteiger partial charge in [0, 0.05) is 24.3 Å². The van der Waals surface area contributed by atoms with Crippen LogP contribution in [0.5, 0.6) is 0 Å². The maximum Gasteiger partial charge on any atom is 0.123 e. The van der Waals surface area contributed by atoms with Gasteiger partial charge in [-0.1, -0.05) is 27.7 Å². The van der Waals surface area contributed by atoms with Crippen LogP contribution in [0, 0.1) is 11.7 Å². The van der Waals surface area contributed by atoms with Crippen LogP contribution in [0.2, 0.25) is 0 Å². The molecule has 0 unspecified atom stereocenters. The van der Waals surface area contributed by atoms with Crippen molar-refractivity contribution in [2.45, 2.75) is 59.5 Å². The molecule has 0 spiro atoms. The summed E-state index contributed by atoms with van der Waals surface area (Å²) in [5.41, 5.74) is 8.03.